The molecule has 2 atom stereocenters. The normalized spacial score (nSPS) is 13.1. The fourth-order valence-corrected chi connectivity index (χ4v) is 2.73. The average Bonchev–Trinajstić information content (AvgIpc) is 2.52. The number of alkyl halides is 1. The van der Waals surface area contributed by atoms with Gasteiger partial charge in [0.15, 0.2) is 0 Å². The molecule has 0 radical (unpaired) electrons. The molecule has 2 N–H and O–H groups in total. The highest BCUT2D eigenvalue weighted by atomic mass is 79.9. The second-order valence-corrected chi connectivity index (χ2v) is 8.14. The molecule has 3 nitrogen and oxygen atoms in total. The van der Waals surface area contributed by atoms with Gasteiger partial charge in [-0.3, -0.25) is 4.39 Å². The van der Waals surface area contributed by atoms with Crippen molar-refractivity contribution < 1.29 is 18.1 Å². The maximum absolute atomic E-state index is 13.8. The van der Waals surface area contributed by atoms with E-state index in [-0.39, 0.29) is 12.4 Å². The van der Waals surface area contributed by atoms with Crippen molar-refractivity contribution in [2.75, 3.05) is 13.8 Å². The summed E-state index contributed by atoms with van der Waals surface area (Å²) in [6.07, 6.45) is 0.301. The summed E-state index contributed by atoms with van der Waals surface area (Å²) in [5.74, 6) is -0.375. The lowest BCUT2D eigenvalue weighted by atomic mass is 10.0. The maximum atomic E-state index is 13.8. The van der Waals surface area contributed by atoms with Crippen molar-refractivity contribution in [2.45, 2.75) is 51.8 Å². The molecule has 0 aliphatic heterocycles. The quantitative estimate of drug-likeness (QED) is 0.733. The summed E-state index contributed by atoms with van der Waals surface area (Å²) in [4.78, 5) is 0. The van der Waals surface area contributed by atoms with Crippen LogP contribution in [0.2, 0.25) is 0 Å². The van der Waals surface area contributed by atoms with Crippen LogP contribution in [-0.2, 0) is 11.0 Å². The Kier molecular flexibility index (Phi) is 14.0. The van der Waals surface area contributed by atoms with Gasteiger partial charge >= 0.3 is 0 Å². The van der Waals surface area contributed by atoms with E-state index in [1.54, 1.807) is 12.1 Å². The zero-order valence-corrected chi connectivity index (χ0v) is 17.0. The lowest BCUT2D eigenvalue weighted by Gasteiger charge is -2.24. The Morgan fingerprint density at radius 3 is 2.26 bits per heavy atom. The third-order valence-corrected chi connectivity index (χ3v) is 4.66. The molecular formula is C16H28BrF2NO2S. The molecule has 0 amide bonds. The van der Waals surface area contributed by atoms with Crippen LogP contribution >= 0.6 is 15.9 Å². The molecule has 0 aliphatic rings. The molecule has 136 valence electrons. The zero-order valence-electron chi connectivity index (χ0n) is 14.6. The maximum Gasteiger partial charge on any atom is 0.128 e. The van der Waals surface area contributed by atoms with Crippen molar-refractivity contribution in [2.24, 2.45) is 0 Å². The summed E-state index contributed by atoms with van der Waals surface area (Å²) >= 11 is 3.29. The van der Waals surface area contributed by atoms with Gasteiger partial charge in [-0.1, -0.05) is 29.8 Å². The third kappa shape index (κ3) is 9.49. The summed E-state index contributed by atoms with van der Waals surface area (Å²) in [6, 6.07) is 4.12. The molecule has 0 bridgehead atoms. The highest BCUT2D eigenvalue weighted by molar-refractivity contribution is 9.10. The average molecular weight is 416 g/mol. The molecule has 1 aromatic rings. The van der Waals surface area contributed by atoms with Crippen LogP contribution in [0, 0.1) is 5.82 Å². The molecule has 0 aromatic heterocycles. The molecule has 0 spiro atoms. The van der Waals surface area contributed by atoms with Crippen LogP contribution in [0.5, 0.6) is 0 Å². The highest BCUT2D eigenvalue weighted by Crippen LogP contribution is 2.25. The molecule has 1 rings (SSSR count). The molecule has 0 fully saturated rings. The molecule has 0 saturated heterocycles. The van der Waals surface area contributed by atoms with Crippen molar-refractivity contribution in [3.8, 4) is 0 Å². The Balaban J connectivity index is 0. The van der Waals surface area contributed by atoms with Gasteiger partial charge in [0.2, 0.25) is 0 Å². The van der Waals surface area contributed by atoms with Gasteiger partial charge in [0.25, 0.3) is 0 Å². The van der Waals surface area contributed by atoms with Crippen LogP contribution < -0.4 is 4.72 Å². The van der Waals surface area contributed by atoms with Crippen molar-refractivity contribution in [1.82, 2.24) is 4.72 Å². The summed E-state index contributed by atoms with van der Waals surface area (Å²) in [5.41, 5.74) is 0.404. The Labute approximate surface area is 149 Å². The van der Waals surface area contributed by atoms with E-state index in [2.05, 4.69) is 20.7 Å². The number of rotatable bonds is 5. The third-order valence-electron chi connectivity index (χ3n) is 2.56. The molecule has 23 heavy (non-hydrogen) atoms. The number of aliphatic hydroxyl groups excluding tert-OH is 1. The molecule has 0 aliphatic carbocycles. The predicted molar refractivity (Wildman–Crippen MR) is 98.0 cm³/mol. The van der Waals surface area contributed by atoms with Crippen molar-refractivity contribution >= 4 is 26.9 Å². The first-order chi connectivity index (χ1) is 10.8. The van der Waals surface area contributed by atoms with Crippen molar-refractivity contribution in [3.63, 3.8) is 0 Å². The van der Waals surface area contributed by atoms with E-state index in [1.807, 2.05) is 34.6 Å². The molecule has 2 unspecified atom stereocenters. The zero-order chi connectivity index (χ0) is 18.6. The van der Waals surface area contributed by atoms with Crippen molar-refractivity contribution in [3.05, 3.63) is 34.1 Å². The Hall–Kier alpha value is -0.370. The fraction of sp³-hybridized carbons (Fsp3) is 0.625. The predicted octanol–water partition coefficient (Wildman–Crippen LogP) is 4.68. The van der Waals surface area contributed by atoms with Gasteiger partial charge in [-0.05, 0) is 45.4 Å². The second kappa shape index (κ2) is 13.0. The Morgan fingerprint density at radius 1 is 1.30 bits per heavy atom. The van der Waals surface area contributed by atoms with Crippen LogP contribution in [0.4, 0.5) is 8.78 Å². The number of hydrogen-bond acceptors (Lipinski definition) is 2. The van der Waals surface area contributed by atoms with Crippen molar-refractivity contribution in [1.29, 1.82) is 0 Å². The Bertz CT molecular complexity index is 468. The first kappa shape index (κ1) is 24.9. The van der Waals surface area contributed by atoms with Gasteiger partial charge in [-0.15, -0.1) is 0 Å². The SMILES string of the molecule is CC.CC(C)(C)S(=O)NC(CCO)c1cc(Br)ccc1F.CF. The van der Waals surface area contributed by atoms with Gasteiger partial charge in [0.05, 0.1) is 22.9 Å². The standard InChI is InChI=1S/C13H19BrFNO2S.C2H6.CH3F/c1-13(2,3)19(18)16-12(6-7-17)10-8-9(14)4-5-11(10)15;2*1-2/h4-5,8,12,16-17H,6-7H2,1-3H3;1-2H3;1H3. The van der Waals surface area contributed by atoms with Gasteiger partial charge in [0.1, 0.15) is 5.82 Å². The molecule has 1 aromatic carbocycles. The first-order valence-electron chi connectivity index (χ1n) is 7.37. The van der Waals surface area contributed by atoms with E-state index < -0.39 is 21.8 Å². The summed E-state index contributed by atoms with van der Waals surface area (Å²) in [6.45, 7) is 9.40. The highest BCUT2D eigenvalue weighted by Gasteiger charge is 2.25. The van der Waals surface area contributed by atoms with E-state index in [1.165, 1.54) is 6.07 Å². The van der Waals surface area contributed by atoms with Gasteiger partial charge in [0, 0.05) is 22.7 Å². The minimum Gasteiger partial charge on any atom is -0.396 e. The number of halogens is 3. The van der Waals surface area contributed by atoms with E-state index in [0.717, 1.165) is 4.47 Å². The van der Waals surface area contributed by atoms with Crippen LogP contribution in [0.15, 0.2) is 22.7 Å². The minimum atomic E-state index is -1.33. The number of benzene rings is 1. The van der Waals surface area contributed by atoms with Crippen LogP contribution in [0.25, 0.3) is 0 Å². The summed E-state index contributed by atoms with van der Waals surface area (Å²) in [5, 5.41) is 9.10. The number of aliphatic hydroxyl groups is 1. The molecular weight excluding hydrogens is 388 g/mol. The molecule has 0 saturated carbocycles. The minimum absolute atomic E-state index is 0.106. The lowest BCUT2D eigenvalue weighted by molar-refractivity contribution is 0.271. The fourth-order valence-electron chi connectivity index (χ4n) is 1.49. The summed E-state index contributed by atoms with van der Waals surface area (Å²) < 4.78 is 38.6. The monoisotopic (exact) mass is 415 g/mol. The van der Waals surface area contributed by atoms with E-state index in [0.29, 0.717) is 19.2 Å². The number of hydrogen-bond donors (Lipinski definition) is 2. The smallest absolute Gasteiger partial charge is 0.128 e. The van der Waals surface area contributed by atoms with E-state index >= 15 is 0 Å². The first-order valence-corrected chi connectivity index (χ1v) is 9.31. The Morgan fingerprint density at radius 2 is 1.83 bits per heavy atom. The summed E-state index contributed by atoms with van der Waals surface area (Å²) in [7, 11) is -0.827. The number of nitrogens with one attached hydrogen (secondary N) is 1. The van der Waals surface area contributed by atoms with Gasteiger partial charge in [-0.2, -0.15) is 0 Å². The van der Waals surface area contributed by atoms with E-state index in [9.17, 15) is 13.0 Å². The molecule has 0 heterocycles. The topological polar surface area (TPSA) is 49.3 Å². The van der Waals surface area contributed by atoms with Gasteiger partial charge < -0.3 is 5.11 Å². The van der Waals surface area contributed by atoms with Gasteiger partial charge in [-0.25, -0.2) is 13.3 Å². The van der Waals surface area contributed by atoms with E-state index in [4.69, 9.17) is 5.11 Å². The lowest BCUT2D eigenvalue weighted by Crippen LogP contribution is -2.36. The second-order valence-electron chi connectivity index (χ2n) is 5.23. The van der Waals surface area contributed by atoms with Crippen LogP contribution in [0.3, 0.4) is 0 Å². The van der Waals surface area contributed by atoms with Crippen LogP contribution in [0.1, 0.15) is 52.6 Å². The van der Waals surface area contributed by atoms with Crippen LogP contribution in [-0.4, -0.2) is 27.8 Å². The largest absolute Gasteiger partial charge is 0.396 e. The molecule has 7 heteroatoms.